The summed E-state index contributed by atoms with van der Waals surface area (Å²) in [6.45, 7) is 0.928. The van der Waals surface area contributed by atoms with E-state index in [0.717, 1.165) is 17.9 Å². The van der Waals surface area contributed by atoms with Crippen molar-refractivity contribution in [2.75, 3.05) is 29.1 Å². The molecule has 1 fully saturated rings. The van der Waals surface area contributed by atoms with E-state index in [9.17, 15) is 0 Å². The Hall–Kier alpha value is -1.50. The van der Waals surface area contributed by atoms with Gasteiger partial charge in [-0.15, -0.1) is 0 Å². The van der Waals surface area contributed by atoms with Gasteiger partial charge in [0.15, 0.2) is 11.5 Å². The third-order valence-electron chi connectivity index (χ3n) is 2.89. The van der Waals surface area contributed by atoms with Crippen LogP contribution in [0, 0.1) is 5.92 Å². The highest BCUT2D eigenvalue weighted by atomic mass is 32.2. The van der Waals surface area contributed by atoms with Crippen LogP contribution in [0.25, 0.3) is 11.2 Å². The van der Waals surface area contributed by atoms with E-state index in [4.69, 9.17) is 5.73 Å². The molecule has 3 heterocycles. The topological polar surface area (TPSA) is 92.5 Å². The maximum Gasteiger partial charge on any atom is 0.224 e. The number of nitrogen functional groups attached to an aromatic ring is 1. The molecule has 0 aromatic carbocycles. The number of thioether (sulfide) groups is 1. The first-order valence-electron chi connectivity index (χ1n) is 5.61. The number of hydrogen-bond acceptors (Lipinski definition) is 6. The second kappa shape index (κ2) is 4.40. The van der Waals surface area contributed by atoms with Crippen molar-refractivity contribution in [1.29, 1.82) is 0 Å². The summed E-state index contributed by atoms with van der Waals surface area (Å²) in [5.74, 6) is 4.21. The first-order valence-corrected chi connectivity index (χ1v) is 6.76. The second-order valence-corrected chi connectivity index (χ2v) is 5.29. The van der Waals surface area contributed by atoms with Gasteiger partial charge >= 0.3 is 0 Å². The average Bonchev–Trinajstić information content (AvgIpc) is 2.95. The molecule has 4 N–H and O–H groups in total. The van der Waals surface area contributed by atoms with Crippen molar-refractivity contribution in [3.05, 3.63) is 6.33 Å². The molecule has 7 heteroatoms. The SMILES string of the molecule is Nc1nc(NCC2CCSC2)c2[nH]cnc2n1. The summed E-state index contributed by atoms with van der Waals surface area (Å²) in [6.07, 6.45) is 2.87. The summed E-state index contributed by atoms with van der Waals surface area (Å²) in [4.78, 5) is 15.4. The summed E-state index contributed by atoms with van der Waals surface area (Å²) in [7, 11) is 0. The summed E-state index contributed by atoms with van der Waals surface area (Å²) in [6, 6.07) is 0. The van der Waals surface area contributed by atoms with E-state index in [1.165, 1.54) is 17.9 Å². The van der Waals surface area contributed by atoms with Crippen LogP contribution in [0.2, 0.25) is 0 Å². The van der Waals surface area contributed by atoms with E-state index < -0.39 is 0 Å². The first kappa shape index (κ1) is 10.6. The number of aromatic amines is 1. The van der Waals surface area contributed by atoms with Gasteiger partial charge in [-0.05, 0) is 23.8 Å². The van der Waals surface area contributed by atoms with Crippen LogP contribution < -0.4 is 11.1 Å². The van der Waals surface area contributed by atoms with E-state index in [1.54, 1.807) is 6.33 Å². The minimum atomic E-state index is 0.257. The van der Waals surface area contributed by atoms with E-state index >= 15 is 0 Å². The molecule has 1 saturated heterocycles. The van der Waals surface area contributed by atoms with Crippen LogP contribution in [0.4, 0.5) is 11.8 Å². The van der Waals surface area contributed by atoms with Crippen LogP contribution in [-0.4, -0.2) is 38.0 Å². The lowest BCUT2D eigenvalue weighted by Gasteiger charge is -2.11. The molecular weight excluding hydrogens is 236 g/mol. The van der Waals surface area contributed by atoms with E-state index in [1.807, 2.05) is 11.8 Å². The number of hydrogen-bond donors (Lipinski definition) is 3. The molecule has 0 amide bonds. The van der Waals surface area contributed by atoms with Crippen molar-refractivity contribution in [2.24, 2.45) is 5.92 Å². The largest absolute Gasteiger partial charge is 0.368 e. The van der Waals surface area contributed by atoms with Gasteiger partial charge in [0, 0.05) is 6.54 Å². The molecule has 0 radical (unpaired) electrons. The summed E-state index contributed by atoms with van der Waals surface area (Å²) in [5, 5.41) is 3.34. The molecule has 17 heavy (non-hydrogen) atoms. The standard InChI is InChI=1S/C10H14N6S/c11-10-15-8(7-9(16-10)14-5-13-7)12-3-6-1-2-17-4-6/h5-6H,1-4H2,(H4,11,12,13,14,15,16). The Morgan fingerprint density at radius 3 is 3.29 bits per heavy atom. The molecule has 0 aliphatic carbocycles. The molecule has 3 rings (SSSR count). The molecule has 0 bridgehead atoms. The van der Waals surface area contributed by atoms with Crippen LogP contribution in [0.15, 0.2) is 6.33 Å². The van der Waals surface area contributed by atoms with Crippen molar-refractivity contribution >= 4 is 34.7 Å². The number of anilines is 2. The number of nitrogens with zero attached hydrogens (tertiary/aromatic N) is 3. The normalized spacial score (nSPS) is 19.9. The van der Waals surface area contributed by atoms with Crippen molar-refractivity contribution in [2.45, 2.75) is 6.42 Å². The minimum Gasteiger partial charge on any atom is -0.368 e. The van der Waals surface area contributed by atoms with Gasteiger partial charge in [-0.3, -0.25) is 0 Å². The van der Waals surface area contributed by atoms with Crippen LogP contribution in [0.1, 0.15) is 6.42 Å². The van der Waals surface area contributed by atoms with Gasteiger partial charge in [-0.25, -0.2) is 4.98 Å². The van der Waals surface area contributed by atoms with Crippen molar-refractivity contribution < 1.29 is 0 Å². The predicted molar refractivity (Wildman–Crippen MR) is 70.0 cm³/mol. The molecule has 6 nitrogen and oxygen atoms in total. The molecule has 2 aromatic rings. The Balaban J connectivity index is 1.81. The molecule has 1 unspecified atom stereocenters. The van der Waals surface area contributed by atoms with Gasteiger partial charge in [0.1, 0.15) is 5.52 Å². The van der Waals surface area contributed by atoms with Crippen molar-refractivity contribution in [3.63, 3.8) is 0 Å². The number of fused-ring (bicyclic) bond motifs is 1. The second-order valence-electron chi connectivity index (χ2n) is 4.14. The highest BCUT2D eigenvalue weighted by Gasteiger charge is 2.16. The average molecular weight is 250 g/mol. The molecule has 1 aliphatic rings. The maximum absolute atomic E-state index is 5.65. The summed E-state index contributed by atoms with van der Waals surface area (Å²) < 4.78 is 0. The van der Waals surface area contributed by atoms with Crippen LogP contribution in [-0.2, 0) is 0 Å². The number of nitrogens with one attached hydrogen (secondary N) is 2. The molecule has 1 atom stereocenters. The molecule has 2 aromatic heterocycles. The predicted octanol–water partition coefficient (Wildman–Crippen LogP) is 1.10. The fraction of sp³-hybridized carbons (Fsp3) is 0.500. The summed E-state index contributed by atoms with van der Waals surface area (Å²) in [5.41, 5.74) is 7.08. The Labute approximate surface area is 103 Å². The first-order chi connectivity index (χ1) is 8.33. The molecule has 90 valence electrons. The minimum absolute atomic E-state index is 0.257. The van der Waals surface area contributed by atoms with Gasteiger partial charge in [-0.1, -0.05) is 0 Å². The number of rotatable bonds is 3. The van der Waals surface area contributed by atoms with Gasteiger partial charge in [0.25, 0.3) is 0 Å². The number of imidazole rings is 1. The van der Waals surface area contributed by atoms with Crippen LogP contribution in [0.3, 0.4) is 0 Å². The van der Waals surface area contributed by atoms with Crippen molar-refractivity contribution in [1.82, 2.24) is 19.9 Å². The lowest BCUT2D eigenvalue weighted by Crippen LogP contribution is -2.15. The monoisotopic (exact) mass is 250 g/mol. The maximum atomic E-state index is 5.65. The lowest BCUT2D eigenvalue weighted by molar-refractivity contribution is 0.631. The fourth-order valence-corrected chi connectivity index (χ4v) is 3.25. The van der Waals surface area contributed by atoms with Crippen molar-refractivity contribution in [3.8, 4) is 0 Å². The van der Waals surface area contributed by atoms with E-state index in [0.29, 0.717) is 11.6 Å². The molecule has 0 saturated carbocycles. The zero-order valence-electron chi connectivity index (χ0n) is 9.31. The molecule has 0 spiro atoms. The molecule has 1 aliphatic heterocycles. The Kier molecular flexibility index (Phi) is 2.76. The highest BCUT2D eigenvalue weighted by Crippen LogP contribution is 2.24. The quantitative estimate of drug-likeness (QED) is 0.755. The fourth-order valence-electron chi connectivity index (χ4n) is 1.96. The van der Waals surface area contributed by atoms with Crippen LogP contribution >= 0.6 is 11.8 Å². The smallest absolute Gasteiger partial charge is 0.224 e. The molecular formula is C10H14N6S. The van der Waals surface area contributed by atoms with Gasteiger partial charge < -0.3 is 16.0 Å². The van der Waals surface area contributed by atoms with Crippen LogP contribution in [0.5, 0.6) is 0 Å². The lowest BCUT2D eigenvalue weighted by atomic mass is 10.1. The number of aromatic nitrogens is 4. The highest BCUT2D eigenvalue weighted by molar-refractivity contribution is 7.99. The Bertz CT molecular complexity index is 518. The number of nitrogens with two attached hydrogens (primary N) is 1. The van der Waals surface area contributed by atoms with Gasteiger partial charge in [0.05, 0.1) is 6.33 Å². The number of H-pyrrole nitrogens is 1. The Morgan fingerprint density at radius 1 is 1.53 bits per heavy atom. The Morgan fingerprint density at radius 2 is 2.47 bits per heavy atom. The third-order valence-corrected chi connectivity index (χ3v) is 4.12. The zero-order valence-corrected chi connectivity index (χ0v) is 10.1. The van der Waals surface area contributed by atoms with Gasteiger partial charge in [0.2, 0.25) is 5.95 Å². The van der Waals surface area contributed by atoms with E-state index in [-0.39, 0.29) is 5.95 Å². The van der Waals surface area contributed by atoms with E-state index in [2.05, 4.69) is 25.3 Å². The summed E-state index contributed by atoms with van der Waals surface area (Å²) >= 11 is 2.01. The van der Waals surface area contributed by atoms with Gasteiger partial charge in [-0.2, -0.15) is 21.7 Å². The zero-order chi connectivity index (χ0) is 11.7. The third kappa shape index (κ3) is 2.14.